The smallest absolute Gasteiger partial charge is 0.447 e. The highest BCUT2D eigenvalue weighted by Gasteiger charge is 2.39. The number of carbonyl (C=O) groups is 2. The normalized spacial score (nSPS) is 23.1. The molecule has 0 bridgehead atoms. The Morgan fingerprint density at radius 3 is 2.08 bits per heavy atom. The number of alkyl halides is 3. The van der Waals surface area contributed by atoms with Gasteiger partial charge in [0.15, 0.2) is 0 Å². The van der Waals surface area contributed by atoms with Gasteiger partial charge in [-0.3, -0.25) is 9.80 Å². The summed E-state index contributed by atoms with van der Waals surface area (Å²) in [5.41, 5.74) is 11.2. The minimum atomic E-state index is -1.70. The Balaban J connectivity index is 0.000000422. The van der Waals surface area contributed by atoms with Crippen LogP contribution in [0.3, 0.4) is 0 Å². The number of cyclic esters (lactones) is 1. The Labute approximate surface area is 318 Å². The van der Waals surface area contributed by atoms with Crippen LogP contribution in [0, 0.1) is 0 Å². The summed E-state index contributed by atoms with van der Waals surface area (Å²) in [6.07, 6.45) is 8.22. The molecule has 1 saturated heterocycles. The van der Waals surface area contributed by atoms with Crippen molar-refractivity contribution in [2.45, 2.75) is 87.5 Å². The van der Waals surface area contributed by atoms with E-state index < -0.39 is 16.6 Å². The molecule has 1 unspecified atom stereocenters. The van der Waals surface area contributed by atoms with Crippen molar-refractivity contribution in [2.75, 3.05) is 39.5 Å². The van der Waals surface area contributed by atoms with Gasteiger partial charge in [-0.1, -0.05) is 92.3 Å². The molecule has 0 spiro atoms. The van der Waals surface area contributed by atoms with Gasteiger partial charge in [0.05, 0.1) is 41.6 Å². The molecule has 17 heteroatoms. The van der Waals surface area contributed by atoms with E-state index >= 15 is 0 Å². The van der Waals surface area contributed by atoms with Crippen LogP contribution in [0.5, 0.6) is 0 Å². The lowest BCUT2D eigenvalue weighted by molar-refractivity contribution is 0.0487. The SMILES string of the molecule is C=C(N)N[C@@H]1/C=C\CCNC(=C)N2C(=O)OCC12.C=C(N)N[C@@H]1/C=C\CCNC(=C)N[C@H]1COC(=O)OCC(Cl)(Cl)Cl.CCN(C(C)C)C(C)C. The second-order valence-corrected chi connectivity index (χ2v) is 14.9. The van der Waals surface area contributed by atoms with Crippen LogP contribution in [0.1, 0.15) is 47.5 Å². The molecular formula is C34H58Cl3N9O5. The monoisotopic (exact) mass is 777 g/mol. The summed E-state index contributed by atoms with van der Waals surface area (Å²) in [7, 11) is 0. The van der Waals surface area contributed by atoms with E-state index in [1.165, 1.54) is 4.90 Å². The number of nitrogens with one attached hydrogen (secondary N) is 5. The Kier molecular flexibility index (Phi) is 20.5. The molecule has 0 aromatic heterocycles. The summed E-state index contributed by atoms with van der Waals surface area (Å²) in [6.45, 7) is 28.6. The van der Waals surface area contributed by atoms with Gasteiger partial charge in [-0.05, 0) is 47.1 Å². The molecule has 3 heterocycles. The molecule has 3 rings (SSSR count). The maximum absolute atomic E-state index is 11.7. The van der Waals surface area contributed by atoms with Gasteiger partial charge in [-0.15, -0.1) is 0 Å². The number of nitrogens with two attached hydrogens (primary N) is 2. The summed E-state index contributed by atoms with van der Waals surface area (Å²) in [5.74, 6) is 1.80. The number of amides is 1. The first-order valence-electron chi connectivity index (χ1n) is 16.8. The molecule has 3 aliphatic heterocycles. The van der Waals surface area contributed by atoms with Crippen molar-refractivity contribution < 1.29 is 23.8 Å². The molecule has 0 aromatic carbocycles. The number of nitrogens with zero attached hydrogens (tertiary/aromatic N) is 2. The second kappa shape index (κ2) is 23.1. The van der Waals surface area contributed by atoms with Crippen molar-refractivity contribution in [2.24, 2.45) is 11.5 Å². The van der Waals surface area contributed by atoms with Crippen LogP contribution in [0.2, 0.25) is 0 Å². The van der Waals surface area contributed by atoms with Gasteiger partial charge < -0.3 is 52.3 Å². The summed E-state index contributed by atoms with van der Waals surface area (Å²) in [4.78, 5) is 27.3. The Hall–Kier alpha value is -3.59. The first-order valence-corrected chi connectivity index (χ1v) is 17.9. The first-order chi connectivity index (χ1) is 23.9. The molecule has 0 saturated carbocycles. The largest absolute Gasteiger partial charge is 0.508 e. The molecule has 0 aromatic rings. The fourth-order valence-corrected chi connectivity index (χ4v) is 5.51. The van der Waals surface area contributed by atoms with Crippen molar-refractivity contribution in [1.29, 1.82) is 0 Å². The average molecular weight is 779 g/mol. The van der Waals surface area contributed by atoms with Crippen molar-refractivity contribution in [3.8, 4) is 0 Å². The van der Waals surface area contributed by atoms with Gasteiger partial charge in [0.2, 0.25) is 3.79 Å². The fourth-order valence-electron chi connectivity index (χ4n) is 5.35. The maximum Gasteiger partial charge on any atom is 0.508 e. The lowest BCUT2D eigenvalue weighted by Gasteiger charge is -2.28. The zero-order chi connectivity index (χ0) is 38.7. The van der Waals surface area contributed by atoms with Gasteiger partial charge in [0.25, 0.3) is 0 Å². The number of ether oxygens (including phenoxy) is 3. The third-order valence-corrected chi connectivity index (χ3v) is 7.84. The van der Waals surface area contributed by atoms with Gasteiger partial charge in [0, 0.05) is 25.2 Å². The summed E-state index contributed by atoms with van der Waals surface area (Å²) >= 11 is 16.5. The molecule has 0 aliphatic carbocycles. The van der Waals surface area contributed by atoms with E-state index in [0.717, 1.165) is 32.5 Å². The molecule has 3 aliphatic rings. The maximum atomic E-state index is 11.7. The highest BCUT2D eigenvalue weighted by Crippen LogP contribution is 2.26. The molecule has 14 nitrogen and oxygen atoms in total. The van der Waals surface area contributed by atoms with E-state index in [9.17, 15) is 9.59 Å². The van der Waals surface area contributed by atoms with E-state index in [1.54, 1.807) is 0 Å². The predicted molar refractivity (Wildman–Crippen MR) is 206 cm³/mol. The molecule has 1 fully saturated rings. The molecular weight excluding hydrogens is 721 g/mol. The number of halogens is 3. The van der Waals surface area contributed by atoms with E-state index in [0.29, 0.717) is 36.2 Å². The van der Waals surface area contributed by atoms with Gasteiger partial charge in [-0.25, -0.2) is 9.59 Å². The van der Waals surface area contributed by atoms with Crippen molar-refractivity contribution >= 4 is 47.1 Å². The molecule has 1 amide bonds. The van der Waals surface area contributed by atoms with Crippen LogP contribution < -0.4 is 38.1 Å². The summed E-state index contributed by atoms with van der Waals surface area (Å²) < 4.78 is 13.2. The minimum absolute atomic E-state index is 0.0331. The lowest BCUT2D eigenvalue weighted by atomic mass is 10.1. The third kappa shape index (κ3) is 18.5. The van der Waals surface area contributed by atoms with E-state index in [4.69, 9.17) is 60.5 Å². The lowest BCUT2D eigenvalue weighted by Crippen LogP contribution is -2.51. The standard InChI is InChI=1S/C14H21Cl3N4O3.C12H18N4O2.C8H19N/c1-9(18)20-11-5-3-4-6-19-10(2)21-12(11)7-23-13(22)24-8-14(15,16)17;1-8(13)15-10-5-3-4-6-14-9(2)16-11(10)7-18-12(16)17;1-6-9(7(2)3)8(4)5/h3,5,11-12,19-21H,1-2,4,6-8,18H2;3,5,10-11,14-15H,1-2,4,6-7,13H2;7-8H,6H2,1-5H3/b2*5-3-;/t11-,12+;10-,11?;/m11./s1. The molecule has 290 valence electrons. The first kappa shape index (κ1) is 45.4. The molecule has 9 N–H and O–H groups in total. The molecule has 4 atom stereocenters. The fraction of sp³-hybridized carbons (Fsp3) is 0.588. The van der Waals surface area contributed by atoms with E-state index in [2.05, 4.69) is 92.4 Å². The number of hydrogen-bond donors (Lipinski definition) is 7. The number of hydrogen-bond acceptors (Lipinski definition) is 13. The molecule has 51 heavy (non-hydrogen) atoms. The number of carbonyl (C=O) groups excluding carboxylic acids is 2. The Morgan fingerprint density at radius 1 is 1.02 bits per heavy atom. The van der Waals surface area contributed by atoms with Gasteiger partial charge in [-0.2, -0.15) is 0 Å². The quantitative estimate of drug-likeness (QED) is 0.0954. The van der Waals surface area contributed by atoms with Crippen LogP contribution in [-0.2, 0) is 14.2 Å². The van der Waals surface area contributed by atoms with Crippen LogP contribution in [0.25, 0.3) is 0 Å². The van der Waals surface area contributed by atoms with E-state index in [-0.39, 0.29) is 42.7 Å². The number of fused-ring (bicyclic) bond motifs is 1. The molecule has 0 radical (unpaired) electrons. The summed E-state index contributed by atoms with van der Waals surface area (Å²) in [5, 5.41) is 15.4. The highest BCUT2D eigenvalue weighted by molar-refractivity contribution is 6.67. The van der Waals surface area contributed by atoms with Gasteiger partial charge in [0.1, 0.15) is 25.6 Å². The Bertz CT molecular complexity index is 1220. The minimum Gasteiger partial charge on any atom is -0.447 e. The van der Waals surface area contributed by atoms with Crippen LogP contribution in [0.15, 0.2) is 73.9 Å². The summed E-state index contributed by atoms with van der Waals surface area (Å²) in [6, 6.07) is 0.419. The number of rotatable bonds is 10. The van der Waals surface area contributed by atoms with Crippen LogP contribution in [0.4, 0.5) is 9.59 Å². The van der Waals surface area contributed by atoms with Crippen molar-refractivity contribution in [1.82, 2.24) is 36.4 Å². The average Bonchev–Trinajstić information content (AvgIpc) is 3.45. The predicted octanol–water partition coefficient (Wildman–Crippen LogP) is 4.22. The van der Waals surface area contributed by atoms with Crippen molar-refractivity contribution in [3.63, 3.8) is 0 Å². The highest BCUT2D eigenvalue weighted by atomic mass is 35.6. The zero-order valence-electron chi connectivity index (χ0n) is 30.5. The van der Waals surface area contributed by atoms with E-state index in [1.807, 2.05) is 24.3 Å². The second-order valence-electron chi connectivity index (χ2n) is 12.4. The van der Waals surface area contributed by atoms with Crippen molar-refractivity contribution in [3.05, 3.63) is 73.9 Å². The van der Waals surface area contributed by atoms with Gasteiger partial charge >= 0.3 is 12.2 Å². The Morgan fingerprint density at radius 2 is 1.57 bits per heavy atom. The van der Waals surface area contributed by atoms with Crippen LogP contribution >= 0.6 is 34.8 Å². The topological polar surface area (TPSA) is 180 Å². The third-order valence-electron chi connectivity index (χ3n) is 7.51. The van der Waals surface area contributed by atoms with Crippen LogP contribution in [-0.4, -0.2) is 102 Å². The zero-order valence-corrected chi connectivity index (χ0v) is 32.8.